The lowest BCUT2D eigenvalue weighted by Gasteiger charge is -2.18. The molecule has 3 N–H and O–H groups in total. The van der Waals surface area contributed by atoms with Crippen LogP contribution in [0.3, 0.4) is 0 Å². The Morgan fingerprint density at radius 3 is 2.58 bits per heavy atom. The number of nitrogen functional groups attached to an aromatic ring is 1. The Bertz CT molecular complexity index is 901. The van der Waals surface area contributed by atoms with E-state index in [1.165, 1.54) is 11.9 Å². The third-order valence-electron chi connectivity index (χ3n) is 3.43. The van der Waals surface area contributed by atoms with E-state index in [0.717, 1.165) is 13.6 Å². The van der Waals surface area contributed by atoms with Gasteiger partial charge in [0.15, 0.2) is 0 Å². The first kappa shape index (κ1) is 17.8. The first-order chi connectivity index (χ1) is 11.2. The molecule has 0 aliphatic carbocycles. The summed E-state index contributed by atoms with van der Waals surface area (Å²) in [7, 11) is 4.74. The van der Waals surface area contributed by atoms with Crippen LogP contribution in [-0.4, -0.2) is 29.1 Å². The van der Waals surface area contributed by atoms with Gasteiger partial charge in [0.25, 0.3) is 5.56 Å². The van der Waals surface area contributed by atoms with Crippen LogP contribution in [-0.2, 0) is 18.4 Å². The maximum atomic E-state index is 12.5. The fraction of sp³-hybridized carbons (Fsp3) is 0.267. The highest BCUT2D eigenvalue weighted by Crippen LogP contribution is 2.16. The zero-order valence-corrected chi connectivity index (χ0v) is 15.1. The lowest BCUT2D eigenvalue weighted by Crippen LogP contribution is -2.44. The van der Waals surface area contributed by atoms with Gasteiger partial charge in [0.2, 0.25) is 5.91 Å². The Morgan fingerprint density at radius 1 is 1.33 bits per heavy atom. The summed E-state index contributed by atoms with van der Waals surface area (Å²) in [5, 5.41) is 2.65. The number of carbonyl (C=O) groups is 1. The molecular weight excluding hydrogens is 378 g/mol. The highest BCUT2D eigenvalue weighted by Gasteiger charge is 2.18. The van der Waals surface area contributed by atoms with Crippen LogP contribution in [0.15, 0.2) is 38.3 Å². The summed E-state index contributed by atoms with van der Waals surface area (Å²) in [5.74, 6) is -0.430. The molecule has 9 heteroatoms. The number of nitrogens with zero attached hydrogens (tertiary/aromatic N) is 3. The van der Waals surface area contributed by atoms with Crippen LogP contribution < -0.4 is 27.2 Å². The molecule has 0 saturated carbocycles. The second-order valence-corrected chi connectivity index (χ2v) is 6.34. The largest absolute Gasteiger partial charge is 0.383 e. The third kappa shape index (κ3) is 3.51. The molecule has 1 aromatic heterocycles. The Balaban J connectivity index is 2.38. The van der Waals surface area contributed by atoms with Gasteiger partial charge in [-0.15, -0.1) is 0 Å². The van der Waals surface area contributed by atoms with Gasteiger partial charge < -0.3 is 16.0 Å². The molecule has 8 nitrogen and oxygen atoms in total. The molecular formula is C15H18BrN5O3. The van der Waals surface area contributed by atoms with Crippen LogP contribution in [0, 0.1) is 0 Å². The van der Waals surface area contributed by atoms with E-state index in [1.807, 2.05) is 6.07 Å². The predicted octanol–water partition coefficient (Wildman–Crippen LogP) is 0.596. The molecule has 1 aromatic carbocycles. The molecule has 0 radical (unpaired) electrons. The van der Waals surface area contributed by atoms with Crippen molar-refractivity contribution in [1.82, 2.24) is 9.13 Å². The van der Waals surface area contributed by atoms with Crippen LogP contribution in [0.1, 0.15) is 0 Å². The number of nitrogens with two attached hydrogens (primary N) is 1. The van der Waals surface area contributed by atoms with Crippen LogP contribution in [0.2, 0.25) is 0 Å². The number of amides is 1. The minimum absolute atomic E-state index is 0.0543. The van der Waals surface area contributed by atoms with E-state index >= 15 is 0 Å². The van der Waals surface area contributed by atoms with Gasteiger partial charge in [0.05, 0.1) is 0 Å². The number of aromatic nitrogens is 2. The minimum Gasteiger partial charge on any atom is -0.383 e. The summed E-state index contributed by atoms with van der Waals surface area (Å²) >= 11 is 3.31. The molecule has 1 amide bonds. The maximum absolute atomic E-state index is 12.5. The van der Waals surface area contributed by atoms with Crippen LogP contribution in [0.25, 0.3) is 0 Å². The quantitative estimate of drug-likeness (QED) is 0.788. The van der Waals surface area contributed by atoms with Crippen LogP contribution in [0.4, 0.5) is 17.2 Å². The molecule has 0 aliphatic heterocycles. The Hall–Kier alpha value is -2.55. The van der Waals surface area contributed by atoms with E-state index < -0.39 is 23.7 Å². The van der Waals surface area contributed by atoms with Gasteiger partial charge in [0.1, 0.15) is 18.1 Å². The van der Waals surface area contributed by atoms with Gasteiger partial charge in [-0.3, -0.25) is 14.2 Å². The molecule has 2 aromatic rings. The molecule has 0 fully saturated rings. The average Bonchev–Trinajstić information content (AvgIpc) is 2.49. The zero-order valence-electron chi connectivity index (χ0n) is 13.5. The van der Waals surface area contributed by atoms with E-state index in [4.69, 9.17) is 5.73 Å². The van der Waals surface area contributed by atoms with Gasteiger partial charge in [-0.05, 0) is 18.2 Å². The second-order valence-electron chi connectivity index (χ2n) is 5.42. The number of halogens is 1. The van der Waals surface area contributed by atoms with Gasteiger partial charge in [-0.2, -0.15) is 0 Å². The fourth-order valence-corrected chi connectivity index (χ4v) is 2.64. The fourth-order valence-electron chi connectivity index (χ4n) is 2.24. The van der Waals surface area contributed by atoms with Crippen molar-refractivity contribution in [2.75, 3.05) is 30.0 Å². The average molecular weight is 396 g/mol. The number of hydrogen-bond acceptors (Lipinski definition) is 5. The van der Waals surface area contributed by atoms with Crippen molar-refractivity contribution in [3.63, 3.8) is 0 Å². The van der Waals surface area contributed by atoms with Gasteiger partial charge in [-0.1, -0.05) is 22.0 Å². The van der Waals surface area contributed by atoms with Crippen LogP contribution >= 0.6 is 15.9 Å². The normalized spacial score (nSPS) is 10.5. The van der Waals surface area contributed by atoms with Crippen LogP contribution in [0.5, 0.6) is 0 Å². The molecule has 0 saturated heterocycles. The van der Waals surface area contributed by atoms with Gasteiger partial charge in [0, 0.05) is 31.3 Å². The van der Waals surface area contributed by atoms with E-state index in [0.29, 0.717) is 5.69 Å². The zero-order chi connectivity index (χ0) is 18.0. The summed E-state index contributed by atoms with van der Waals surface area (Å²) in [6, 6.07) is 7.00. The maximum Gasteiger partial charge on any atom is 0.332 e. The summed E-state index contributed by atoms with van der Waals surface area (Å²) in [4.78, 5) is 38.5. The number of anilines is 3. The number of benzene rings is 1. The minimum atomic E-state index is -0.646. The first-order valence-electron chi connectivity index (χ1n) is 7.04. The van der Waals surface area contributed by atoms with Gasteiger partial charge >= 0.3 is 5.69 Å². The standard InChI is InChI=1S/C15H18BrN5O3/c1-19(2)12-13(17)20(3)15(24)21(14(12)23)8-11(22)18-10-6-4-5-9(16)7-10/h4-7H,8,17H2,1-3H3,(H,18,22). The Labute approximate surface area is 146 Å². The van der Waals surface area contributed by atoms with Crippen molar-refractivity contribution in [2.24, 2.45) is 7.05 Å². The van der Waals surface area contributed by atoms with E-state index in [-0.39, 0.29) is 11.5 Å². The van der Waals surface area contributed by atoms with Crippen molar-refractivity contribution < 1.29 is 4.79 Å². The predicted molar refractivity (Wildman–Crippen MR) is 97.5 cm³/mol. The van der Waals surface area contributed by atoms with Crippen molar-refractivity contribution in [1.29, 1.82) is 0 Å². The summed E-state index contributed by atoms with van der Waals surface area (Å²) in [5.41, 5.74) is 5.29. The monoisotopic (exact) mass is 395 g/mol. The Morgan fingerprint density at radius 2 is 2.00 bits per heavy atom. The van der Waals surface area contributed by atoms with E-state index in [2.05, 4.69) is 21.2 Å². The summed E-state index contributed by atoms with van der Waals surface area (Å²) in [6.45, 7) is -0.404. The van der Waals surface area contributed by atoms with E-state index in [9.17, 15) is 14.4 Å². The number of nitrogens with one attached hydrogen (secondary N) is 1. The van der Waals surface area contributed by atoms with Crippen molar-refractivity contribution in [2.45, 2.75) is 6.54 Å². The molecule has 0 aliphatic rings. The summed E-state index contributed by atoms with van der Waals surface area (Å²) in [6.07, 6.45) is 0. The molecule has 0 unspecified atom stereocenters. The lowest BCUT2D eigenvalue weighted by molar-refractivity contribution is -0.116. The smallest absolute Gasteiger partial charge is 0.332 e. The molecule has 1 heterocycles. The molecule has 0 spiro atoms. The Kier molecular flexibility index (Phi) is 5.13. The first-order valence-corrected chi connectivity index (χ1v) is 7.83. The number of hydrogen-bond donors (Lipinski definition) is 2. The SMILES string of the molecule is CN(C)c1c(N)n(C)c(=O)n(CC(=O)Nc2cccc(Br)c2)c1=O. The van der Waals surface area contributed by atoms with Crippen molar-refractivity contribution >= 4 is 39.0 Å². The molecule has 128 valence electrons. The van der Waals surface area contributed by atoms with Crippen molar-refractivity contribution in [3.8, 4) is 0 Å². The molecule has 0 bridgehead atoms. The van der Waals surface area contributed by atoms with Crippen molar-refractivity contribution in [3.05, 3.63) is 49.6 Å². The van der Waals surface area contributed by atoms with Gasteiger partial charge in [-0.25, -0.2) is 9.36 Å². The highest BCUT2D eigenvalue weighted by molar-refractivity contribution is 9.10. The molecule has 0 atom stereocenters. The number of rotatable bonds is 4. The second kappa shape index (κ2) is 6.91. The summed E-state index contributed by atoms with van der Waals surface area (Å²) < 4.78 is 2.80. The lowest BCUT2D eigenvalue weighted by atomic mass is 10.3. The third-order valence-corrected chi connectivity index (χ3v) is 3.92. The number of carbonyl (C=O) groups excluding carboxylic acids is 1. The molecule has 24 heavy (non-hydrogen) atoms. The highest BCUT2D eigenvalue weighted by atomic mass is 79.9. The topological polar surface area (TPSA) is 102 Å². The molecule has 2 rings (SSSR count). The van der Waals surface area contributed by atoms with E-state index in [1.54, 1.807) is 32.3 Å².